The number of thiazole rings is 1. The smallest absolute Gasteiger partial charge is 0.230 e. The highest BCUT2D eigenvalue weighted by Crippen LogP contribution is 2.28. The number of nitrogens with zero attached hydrogens (tertiary/aromatic N) is 1. The number of thioether (sulfide) groups is 1. The number of aryl methyl sites for hydroxylation is 1. The molecule has 1 N–H and O–H groups in total. The zero-order chi connectivity index (χ0) is 14.7. The lowest BCUT2D eigenvalue weighted by Crippen LogP contribution is -2.44. The van der Waals surface area contributed by atoms with Gasteiger partial charge in [-0.15, -0.1) is 23.1 Å². The molecule has 108 valence electrons. The molecule has 0 aliphatic carbocycles. The number of aromatic nitrogens is 1. The zero-order valence-corrected chi connectivity index (χ0v) is 14.3. The summed E-state index contributed by atoms with van der Waals surface area (Å²) in [4.78, 5) is 16.6. The Bertz CT molecular complexity index is 437. The van der Waals surface area contributed by atoms with Crippen LogP contribution in [0.2, 0.25) is 0 Å². The summed E-state index contributed by atoms with van der Waals surface area (Å²) in [6.07, 6.45) is 0.839. The molecule has 0 aromatic carbocycles. The predicted octanol–water partition coefficient (Wildman–Crippen LogP) is 3.72. The molecule has 0 unspecified atom stereocenters. The molecular formula is C14H24N2OS2. The number of carbonyl (C=O) groups excluding carboxylic acids is 1. The number of hydrogen-bond acceptors (Lipinski definition) is 4. The van der Waals surface area contributed by atoms with Crippen LogP contribution in [-0.4, -0.2) is 21.4 Å². The molecule has 1 rings (SSSR count). The van der Waals surface area contributed by atoms with E-state index in [0.717, 1.165) is 17.1 Å². The summed E-state index contributed by atoms with van der Waals surface area (Å²) in [5.41, 5.74) is 0.659. The van der Waals surface area contributed by atoms with Crippen molar-refractivity contribution in [1.82, 2.24) is 10.3 Å². The van der Waals surface area contributed by atoms with Gasteiger partial charge in [-0.25, -0.2) is 4.98 Å². The second-order valence-corrected chi connectivity index (χ2v) is 8.59. The normalized spacial score (nSPS) is 15.1. The van der Waals surface area contributed by atoms with Gasteiger partial charge in [-0.2, -0.15) is 0 Å². The van der Waals surface area contributed by atoms with Crippen LogP contribution in [0.4, 0.5) is 0 Å². The second kappa shape index (κ2) is 6.27. The maximum atomic E-state index is 12.1. The highest BCUT2D eigenvalue weighted by atomic mass is 32.2. The van der Waals surface area contributed by atoms with Crippen LogP contribution in [0, 0.1) is 6.92 Å². The Morgan fingerprint density at radius 2 is 2.05 bits per heavy atom. The molecule has 1 heterocycles. The SMILES string of the molecule is CC[C@@](C)(NC(=O)CSC(C)(C)C)c1nc(C)cs1. The third-order valence-electron chi connectivity index (χ3n) is 2.85. The third kappa shape index (κ3) is 5.15. The first-order chi connectivity index (χ1) is 8.66. The van der Waals surface area contributed by atoms with Crippen molar-refractivity contribution in [2.45, 2.75) is 58.2 Å². The van der Waals surface area contributed by atoms with E-state index in [9.17, 15) is 4.79 Å². The van der Waals surface area contributed by atoms with Crippen molar-refractivity contribution in [1.29, 1.82) is 0 Å². The quantitative estimate of drug-likeness (QED) is 0.901. The fourth-order valence-electron chi connectivity index (χ4n) is 1.53. The van der Waals surface area contributed by atoms with E-state index in [0.29, 0.717) is 5.75 Å². The van der Waals surface area contributed by atoms with E-state index < -0.39 is 0 Å². The first-order valence-electron chi connectivity index (χ1n) is 6.54. The zero-order valence-electron chi connectivity index (χ0n) is 12.7. The van der Waals surface area contributed by atoms with E-state index in [-0.39, 0.29) is 16.2 Å². The van der Waals surface area contributed by atoms with Crippen molar-refractivity contribution in [2.75, 3.05) is 5.75 Å². The molecule has 0 bridgehead atoms. The first-order valence-corrected chi connectivity index (χ1v) is 8.40. The Labute approximate surface area is 124 Å². The topological polar surface area (TPSA) is 42.0 Å². The van der Waals surface area contributed by atoms with Gasteiger partial charge >= 0.3 is 0 Å². The van der Waals surface area contributed by atoms with Gasteiger partial charge in [0.2, 0.25) is 5.91 Å². The van der Waals surface area contributed by atoms with Crippen molar-refractivity contribution in [3.05, 3.63) is 16.1 Å². The molecule has 0 saturated carbocycles. The summed E-state index contributed by atoms with van der Waals surface area (Å²) < 4.78 is 0.109. The number of hydrogen-bond donors (Lipinski definition) is 1. The van der Waals surface area contributed by atoms with Gasteiger partial charge < -0.3 is 5.32 Å². The fraction of sp³-hybridized carbons (Fsp3) is 0.714. The van der Waals surface area contributed by atoms with Crippen LogP contribution < -0.4 is 5.32 Å². The van der Waals surface area contributed by atoms with Gasteiger partial charge in [0.25, 0.3) is 0 Å². The summed E-state index contributed by atoms with van der Waals surface area (Å²) in [7, 11) is 0. The third-order valence-corrected chi connectivity index (χ3v) is 5.35. The van der Waals surface area contributed by atoms with E-state index in [2.05, 4.69) is 38.0 Å². The van der Waals surface area contributed by atoms with E-state index in [4.69, 9.17) is 0 Å². The molecule has 0 aliphatic rings. The minimum absolute atomic E-state index is 0.0807. The summed E-state index contributed by atoms with van der Waals surface area (Å²) >= 11 is 3.28. The molecular weight excluding hydrogens is 276 g/mol. The molecule has 19 heavy (non-hydrogen) atoms. The largest absolute Gasteiger partial charge is 0.344 e. The Morgan fingerprint density at radius 3 is 2.47 bits per heavy atom. The highest BCUT2D eigenvalue weighted by Gasteiger charge is 2.30. The van der Waals surface area contributed by atoms with E-state index >= 15 is 0 Å². The maximum absolute atomic E-state index is 12.1. The van der Waals surface area contributed by atoms with Crippen molar-refractivity contribution in [3.8, 4) is 0 Å². The molecule has 5 heteroatoms. The molecule has 0 saturated heterocycles. The van der Waals surface area contributed by atoms with E-state index in [1.807, 2.05) is 19.2 Å². The molecule has 0 spiro atoms. The molecule has 0 radical (unpaired) electrons. The van der Waals surface area contributed by atoms with Crippen LogP contribution in [0.1, 0.15) is 51.7 Å². The van der Waals surface area contributed by atoms with Crippen molar-refractivity contribution < 1.29 is 4.79 Å². The van der Waals surface area contributed by atoms with Crippen LogP contribution in [0.25, 0.3) is 0 Å². The van der Waals surface area contributed by atoms with Gasteiger partial charge in [0.1, 0.15) is 5.01 Å². The van der Waals surface area contributed by atoms with Crippen LogP contribution in [0.15, 0.2) is 5.38 Å². The number of nitrogens with one attached hydrogen (secondary N) is 1. The molecule has 1 amide bonds. The molecule has 1 aromatic heterocycles. The minimum atomic E-state index is -0.353. The summed E-state index contributed by atoms with van der Waals surface area (Å²) in [5.74, 6) is 0.570. The van der Waals surface area contributed by atoms with Crippen molar-refractivity contribution >= 4 is 29.0 Å². The Morgan fingerprint density at radius 1 is 1.42 bits per heavy atom. The average Bonchev–Trinajstić information content (AvgIpc) is 2.73. The minimum Gasteiger partial charge on any atom is -0.344 e. The maximum Gasteiger partial charge on any atom is 0.230 e. The molecule has 1 atom stereocenters. The van der Waals surface area contributed by atoms with Gasteiger partial charge in [0.05, 0.1) is 11.3 Å². The van der Waals surface area contributed by atoms with Gasteiger partial charge in [-0.1, -0.05) is 27.7 Å². The van der Waals surface area contributed by atoms with Gasteiger partial charge in [0, 0.05) is 15.8 Å². The van der Waals surface area contributed by atoms with Crippen LogP contribution in [0.3, 0.4) is 0 Å². The van der Waals surface area contributed by atoms with Gasteiger partial charge in [-0.05, 0) is 20.3 Å². The standard InChI is InChI=1S/C14H24N2OS2/c1-7-14(6,12-15-10(2)8-18-12)16-11(17)9-19-13(3,4)5/h8H,7,9H2,1-6H3,(H,16,17)/t14-/m1/s1. The van der Waals surface area contributed by atoms with Crippen LogP contribution in [0.5, 0.6) is 0 Å². The monoisotopic (exact) mass is 300 g/mol. The summed E-state index contributed by atoms with van der Waals surface area (Å²) in [6, 6.07) is 0. The van der Waals surface area contributed by atoms with Crippen LogP contribution in [-0.2, 0) is 10.3 Å². The summed E-state index contributed by atoms with van der Waals surface area (Å²) in [6.45, 7) is 12.5. The van der Waals surface area contributed by atoms with Crippen LogP contribution >= 0.6 is 23.1 Å². The van der Waals surface area contributed by atoms with Crippen molar-refractivity contribution in [3.63, 3.8) is 0 Å². The predicted molar refractivity (Wildman–Crippen MR) is 84.8 cm³/mol. The number of rotatable bonds is 5. The number of amides is 1. The van der Waals surface area contributed by atoms with Gasteiger partial charge in [-0.3, -0.25) is 4.79 Å². The molecule has 3 nitrogen and oxygen atoms in total. The Kier molecular flexibility index (Phi) is 5.44. The summed E-state index contributed by atoms with van der Waals surface area (Å²) in [5, 5.41) is 6.15. The Hall–Kier alpha value is -0.550. The van der Waals surface area contributed by atoms with E-state index in [1.54, 1.807) is 23.1 Å². The van der Waals surface area contributed by atoms with Crippen molar-refractivity contribution in [2.24, 2.45) is 0 Å². The Balaban J connectivity index is 2.68. The lowest BCUT2D eigenvalue weighted by atomic mass is 10.00. The highest BCUT2D eigenvalue weighted by molar-refractivity contribution is 8.01. The fourth-order valence-corrected chi connectivity index (χ4v) is 3.15. The van der Waals surface area contributed by atoms with E-state index in [1.165, 1.54) is 0 Å². The molecule has 0 fully saturated rings. The lowest BCUT2D eigenvalue weighted by molar-refractivity contribution is -0.120. The van der Waals surface area contributed by atoms with Gasteiger partial charge in [0.15, 0.2) is 0 Å². The first kappa shape index (κ1) is 16.5. The molecule has 1 aromatic rings. The number of carbonyl (C=O) groups is 1. The second-order valence-electron chi connectivity index (χ2n) is 5.93. The average molecular weight is 300 g/mol. The lowest BCUT2D eigenvalue weighted by Gasteiger charge is -2.28. The molecule has 0 aliphatic heterocycles.